The lowest BCUT2D eigenvalue weighted by molar-refractivity contribution is -0.152. The van der Waals surface area contributed by atoms with E-state index < -0.39 is 5.54 Å². The first-order valence-corrected chi connectivity index (χ1v) is 7.79. The summed E-state index contributed by atoms with van der Waals surface area (Å²) in [6.07, 6.45) is 6.64. The molecule has 0 bridgehead atoms. The third kappa shape index (κ3) is 2.24. The smallest absolute Gasteiger partial charge is 0.331 e. The quantitative estimate of drug-likeness (QED) is 0.857. The van der Waals surface area contributed by atoms with Crippen LogP contribution in [0.3, 0.4) is 0 Å². The van der Waals surface area contributed by atoms with Crippen molar-refractivity contribution < 1.29 is 9.53 Å². The molecule has 0 aliphatic heterocycles. The molecule has 2 aliphatic carbocycles. The first-order valence-electron chi connectivity index (χ1n) is 7.79. The largest absolute Gasteiger partial charge is 0.464 e. The van der Waals surface area contributed by atoms with Crippen molar-refractivity contribution in [3.05, 3.63) is 35.4 Å². The highest BCUT2D eigenvalue weighted by Crippen LogP contribution is 2.39. The molecular weight excluding hydrogens is 250 g/mol. The molecule has 0 aromatic heterocycles. The lowest BCUT2D eigenvalue weighted by Crippen LogP contribution is -2.52. The SMILES string of the molecule is CCOC(=O)C1(NC2CCCC2)CCc2ccccc21. The Labute approximate surface area is 120 Å². The van der Waals surface area contributed by atoms with Crippen LogP contribution in [-0.2, 0) is 21.5 Å². The zero-order valence-electron chi connectivity index (χ0n) is 12.2. The summed E-state index contributed by atoms with van der Waals surface area (Å²) in [6.45, 7) is 2.32. The molecule has 1 saturated carbocycles. The number of ether oxygens (including phenoxy) is 1. The van der Waals surface area contributed by atoms with E-state index >= 15 is 0 Å². The molecule has 2 aliphatic rings. The van der Waals surface area contributed by atoms with Crippen LogP contribution in [0.15, 0.2) is 24.3 Å². The molecule has 3 rings (SSSR count). The Morgan fingerprint density at radius 3 is 2.85 bits per heavy atom. The van der Waals surface area contributed by atoms with Gasteiger partial charge in [0.2, 0.25) is 0 Å². The molecule has 0 spiro atoms. The number of esters is 1. The summed E-state index contributed by atoms with van der Waals surface area (Å²) < 4.78 is 5.39. The van der Waals surface area contributed by atoms with Gasteiger partial charge in [-0.2, -0.15) is 0 Å². The number of rotatable bonds is 4. The fourth-order valence-electron chi connectivity index (χ4n) is 3.71. The van der Waals surface area contributed by atoms with Crippen molar-refractivity contribution in [2.45, 2.75) is 57.0 Å². The Morgan fingerprint density at radius 2 is 2.10 bits per heavy atom. The van der Waals surface area contributed by atoms with E-state index in [2.05, 4.69) is 23.5 Å². The van der Waals surface area contributed by atoms with Gasteiger partial charge in [-0.05, 0) is 43.7 Å². The lowest BCUT2D eigenvalue weighted by Gasteiger charge is -2.32. The molecule has 20 heavy (non-hydrogen) atoms. The van der Waals surface area contributed by atoms with Gasteiger partial charge in [0.05, 0.1) is 6.61 Å². The minimum Gasteiger partial charge on any atom is -0.464 e. The standard InChI is InChI=1S/C17H23NO2/c1-2-20-16(19)17(18-14-8-4-5-9-14)12-11-13-7-3-6-10-15(13)17/h3,6-7,10,14,18H,2,4-5,8-9,11-12H2,1H3. The molecule has 0 radical (unpaired) electrons. The van der Waals surface area contributed by atoms with E-state index in [1.54, 1.807) is 0 Å². The van der Waals surface area contributed by atoms with Crippen molar-refractivity contribution in [2.75, 3.05) is 6.61 Å². The molecule has 3 heteroatoms. The van der Waals surface area contributed by atoms with Crippen LogP contribution in [0.2, 0.25) is 0 Å². The van der Waals surface area contributed by atoms with E-state index in [4.69, 9.17) is 4.74 Å². The number of fused-ring (bicyclic) bond motifs is 1. The van der Waals surface area contributed by atoms with Crippen LogP contribution >= 0.6 is 0 Å². The van der Waals surface area contributed by atoms with Gasteiger partial charge < -0.3 is 4.74 Å². The zero-order chi connectivity index (χ0) is 14.0. The topological polar surface area (TPSA) is 38.3 Å². The van der Waals surface area contributed by atoms with Crippen molar-refractivity contribution >= 4 is 5.97 Å². The van der Waals surface area contributed by atoms with Crippen molar-refractivity contribution in [1.82, 2.24) is 5.32 Å². The Morgan fingerprint density at radius 1 is 1.35 bits per heavy atom. The Hall–Kier alpha value is -1.35. The van der Waals surface area contributed by atoms with Gasteiger partial charge in [-0.25, -0.2) is 4.79 Å². The van der Waals surface area contributed by atoms with E-state index in [0.29, 0.717) is 12.6 Å². The van der Waals surface area contributed by atoms with Crippen molar-refractivity contribution in [2.24, 2.45) is 0 Å². The molecule has 1 aromatic carbocycles. The number of nitrogens with one attached hydrogen (secondary N) is 1. The van der Waals surface area contributed by atoms with Crippen LogP contribution in [0.25, 0.3) is 0 Å². The highest BCUT2D eigenvalue weighted by Gasteiger charge is 2.47. The molecule has 0 heterocycles. The minimum atomic E-state index is -0.610. The predicted octanol–water partition coefficient (Wildman–Crippen LogP) is 2.92. The van der Waals surface area contributed by atoms with Crippen LogP contribution in [0.5, 0.6) is 0 Å². The fraction of sp³-hybridized carbons (Fsp3) is 0.588. The number of carbonyl (C=O) groups is 1. The van der Waals surface area contributed by atoms with Crippen LogP contribution in [0.1, 0.15) is 50.2 Å². The van der Waals surface area contributed by atoms with Crippen LogP contribution in [0, 0.1) is 0 Å². The molecule has 3 nitrogen and oxygen atoms in total. The maximum atomic E-state index is 12.6. The second kappa shape index (κ2) is 5.57. The third-order valence-electron chi connectivity index (χ3n) is 4.68. The summed E-state index contributed by atoms with van der Waals surface area (Å²) in [5.74, 6) is -0.100. The maximum Gasteiger partial charge on any atom is 0.331 e. The highest BCUT2D eigenvalue weighted by molar-refractivity contribution is 5.84. The Bertz CT molecular complexity index is 494. The van der Waals surface area contributed by atoms with Crippen LogP contribution in [0.4, 0.5) is 0 Å². The van der Waals surface area contributed by atoms with E-state index in [1.807, 2.05) is 13.0 Å². The average Bonchev–Trinajstić information content (AvgIpc) is 3.09. The van der Waals surface area contributed by atoms with E-state index in [9.17, 15) is 4.79 Å². The number of hydrogen-bond donors (Lipinski definition) is 1. The van der Waals surface area contributed by atoms with Gasteiger partial charge in [-0.15, -0.1) is 0 Å². The molecule has 1 unspecified atom stereocenters. The second-order valence-electron chi connectivity index (χ2n) is 5.91. The molecular formula is C17H23NO2. The third-order valence-corrected chi connectivity index (χ3v) is 4.68. The van der Waals surface area contributed by atoms with Gasteiger partial charge in [0, 0.05) is 6.04 Å². The molecule has 0 amide bonds. The Balaban J connectivity index is 1.94. The van der Waals surface area contributed by atoms with Crippen molar-refractivity contribution in [1.29, 1.82) is 0 Å². The summed E-state index contributed by atoms with van der Waals surface area (Å²) in [5, 5.41) is 3.66. The number of benzene rings is 1. The fourth-order valence-corrected chi connectivity index (χ4v) is 3.71. The summed E-state index contributed by atoms with van der Waals surface area (Å²) in [5.41, 5.74) is 1.80. The normalized spacial score (nSPS) is 25.6. The molecule has 0 saturated heterocycles. The lowest BCUT2D eigenvalue weighted by atomic mass is 9.90. The van der Waals surface area contributed by atoms with Gasteiger partial charge in [0.15, 0.2) is 0 Å². The molecule has 1 atom stereocenters. The summed E-state index contributed by atoms with van der Waals surface area (Å²) >= 11 is 0. The summed E-state index contributed by atoms with van der Waals surface area (Å²) in [4.78, 5) is 12.6. The van der Waals surface area contributed by atoms with Crippen molar-refractivity contribution in [3.63, 3.8) is 0 Å². The van der Waals surface area contributed by atoms with Gasteiger partial charge >= 0.3 is 5.97 Å². The highest BCUT2D eigenvalue weighted by atomic mass is 16.5. The summed E-state index contributed by atoms with van der Waals surface area (Å²) in [7, 11) is 0. The minimum absolute atomic E-state index is 0.100. The van der Waals surface area contributed by atoms with E-state index in [-0.39, 0.29) is 5.97 Å². The predicted molar refractivity (Wildman–Crippen MR) is 78.5 cm³/mol. The average molecular weight is 273 g/mol. The van der Waals surface area contributed by atoms with Crippen molar-refractivity contribution in [3.8, 4) is 0 Å². The molecule has 108 valence electrons. The van der Waals surface area contributed by atoms with E-state index in [1.165, 1.54) is 31.2 Å². The van der Waals surface area contributed by atoms with Gasteiger partial charge in [0.25, 0.3) is 0 Å². The van der Waals surface area contributed by atoms with Gasteiger partial charge in [-0.1, -0.05) is 37.1 Å². The van der Waals surface area contributed by atoms with Crippen LogP contribution < -0.4 is 5.32 Å². The summed E-state index contributed by atoms with van der Waals surface area (Å²) in [6, 6.07) is 8.74. The number of aryl methyl sites for hydroxylation is 1. The number of hydrogen-bond acceptors (Lipinski definition) is 3. The van der Waals surface area contributed by atoms with E-state index in [0.717, 1.165) is 18.4 Å². The second-order valence-corrected chi connectivity index (χ2v) is 5.91. The first-order chi connectivity index (χ1) is 9.76. The van der Waals surface area contributed by atoms with Gasteiger partial charge in [-0.3, -0.25) is 5.32 Å². The Kier molecular flexibility index (Phi) is 3.79. The zero-order valence-corrected chi connectivity index (χ0v) is 12.2. The molecule has 1 N–H and O–H groups in total. The number of carbonyl (C=O) groups excluding carboxylic acids is 1. The monoisotopic (exact) mass is 273 g/mol. The maximum absolute atomic E-state index is 12.6. The molecule has 1 aromatic rings. The van der Waals surface area contributed by atoms with Crippen LogP contribution in [-0.4, -0.2) is 18.6 Å². The molecule has 1 fully saturated rings. The van der Waals surface area contributed by atoms with Gasteiger partial charge in [0.1, 0.15) is 5.54 Å². The first kappa shape index (κ1) is 13.6.